The lowest BCUT2D eigenvalue weighted by molar-refractivity contribution is -0.121. The van der Waals surface area contributed by atoms with Gasteiger partial charge in [-0.25, -0.2) is 0 Å². The van der Waals surface area contributed by atoms with Crippen LogP contribution in [0.3, 0.4) is 0 Å². The molecule has 5 heteroatoms. The molecule has 0 aromatic heterocycles. The van der Waals surface area contributed by atoms with Crippen LogP contribution in [0.25, 0.3) is 5.76 Å². The third-order valence-electron chi connectivity index (χ3n) is 3.52. The number of rotatable bonds is 2. The summed E-state index contributed by atoms with van der Waals surface area (Å²) in [5, 5.41) is 19.6. The van der Waals surface area contributed by atoms with Crippen molar-refractivity contribution in [2.24, 2.45) is 5.92 Å². The zero-order chi connectivity index (χ0) is 15.0. The van der Waals surface area contributed by atoms with Gasteiger partial charge < -0.3 is 19.7 Å². The summed E-state index contributed by atoms with van der Waals surface area (Å²) >= 11 is 0. The molecule has 1 aliphatic heterocycles. The van der Waals surface area contributed by atoms with E-state index in [0.29, 0.717) is 17.1 Å². The Morgan fingerprint density at radius 3 is 2.81 bits per heavy atom. The molecule has 1 aromatic carbocycles. The van der Waals surface area contributed by atoms with Crippen molar-refractivity contribution in [1.29, 1.82) is 0 Å². The van der Waals surface area contributed by atoms with E-state index in [-0.39, 0.29) is 17.3 Å². The van der Waals surface area contributed by atoms with E-state index in [0.717, 1.165) is 0 Å². The van der Waals surface area contributed by atoms with Gasteiger partial charge in [-0.15, -0.1) is 0 Å². The minimum absolute atomic E-state index is 0.000350. The van der Waals surface area contributed by atoms with E-state index in [2.05, 4.69) is 0 Å². The molecule has 108 valence electrons. The second kappa shape index (κ2) is 5.01. The van der Waals surface area contributed by atoms with Crippen molar-refractivity contribution in [2.75, 3.05) is 7.11 Å². The number of benzene rings is 1. The molecule has 0 fully saturated rings. The van der Waals surface area contributed by atoms with Crippen molar-refractivity contribution >= 4 is 11.5 Å². The molecular weight excluding hydrogens is 272 g/mol. The van der Waals surface area contributed by atoms with Crippen LogP contribution in [0.2, 0.25) is 0 Å². The van der Waals surface area contributed by atoms with Gasteiger partial charge in [-0.05, 0) is 30.4 Å². The summed E-state index contributed by atoms with van der Waals surface area (Å²) in [6.45, 7) is 0. The van der Waals surface area contributed by atoms with Gasteiger partial charge in [0.15, 0.2) is 17.3 Å². The fourth-order valence-electron chi connectivity index (χ4n) is 2.46. The highest BCUT2D eigenvalue weighted by Gasteiger charge is 2.36. The number of phenolic OH excluding ortho intramolecular Hbond substituents is 1. The van der Waals surface area contributed by atoms with E-state index in [9.17, 15) is 15.0 Å². The van der Waals surface area contributed by atoms with Crippen LogP contribution in [-0.4, -0.2) is 29.2 Å². The Morgan fingerprint density at radius 1 is 1.29 bits per heavy atom. The maximum atomic E-state index is 12.2. The highest BCUT2D eigenvalue weighted by Crippen LogP contribution is 2.35. The topological polar surface area (TPSA) is 76.0 Å². The molecule has 0 saturated carbocycles. The average Bonchev–Trinajstić information content (AvgIpc) is 2.46. The monoisotopic (exact) mass is 286 g/mol. The Balaban J connectivity index is 1.96. The molecule has 1 aliphatic carbocycles. The number of hydrogen-bond donors (Lipinski definition) is 2. The van der Waals surface area contributed by atoms with Crippen molar-refractivity contribution in [3.8, 4) is 11.5 Å². The van der Waals surface area contributed by atoms with Crippen LogP contribution in [0.5, 0.6) is 11.5 Å². The second-order valence-electron chi connectivity index (χ2n) is 4.83. The van der Waals surface area contributed by atoms with Gasteiger partial charge in [0, 0.05) is 11.6 Å². The standard InChI is InChI=1S/C16H14O5/c1-20-13-6-5-9(7-11(13)18)15-8-12(19)16-10(17)3-2-4-14(16)21-15/h2-8,14,16-18H,1H3. The van der Waals surface area contributed by atoms with Crippen LogP contribution in [0.1, 0.15) is 5.56 Å². The Hall–Kier alpha value is -2.69. The summed E-state index contributed by atoms with van der Waals surface area (Å²) in [5.41, 5.74) is 0.572. The maximum Gasteiger partial charge on any atom is 0.174 e. The number of carbonyl (C=O) groups excluding carboxylic acids is 1. The number of hydrogen-bond acceptors (Lipinski definition) is 5. The average molecular weight is 286 g/mol. The smallest absolute Gasteiger partial charge is 0.174 e. The van der Waals surface area contributed by atoms with Crippen molar-refractivity contribution in [3.63, 3.8) is 0 Å². The number of ether oxygens (including phenoxy) is 2. The summed E-state index contributed by atoms with van der Waals surface area (Å²) in [6, 6.07) is 4.76. The SMILES string of the molecule is COc1ccc(C2=CC(=O)C3C(O)=CC=CC3O2)cc1O. The largest absolute Gasteiger partial charge is 0.511 e. The molecule has 2 unspecified atom stereocenters. The number of aliphatic hydroxyl groups excluding tert-OH is 1. The molecule has 1 heterocycles. The molecule has 0 amide bonds. The first-order valence-electron chi connectivity index (χ1n) is 6.47. The molecular formula is C16H14O5. The molecule has 3 rings (SSSR count). The van der Waals surface area contributed by atoms with Gasteiger partial charge in [-0.3, -0.25) is 4.79 Å². The lowest BCUT2D eigenvalue weighted by Crippen LogP contribution is -2.34. The summed E-state index contributed by atoms with van der Waals surface area (Å²) in [6.07, 6.45) is 5.66. The normalized spacial score (nSPS) is 23.8. The van der Waals surface area contributed by atoms with E-state index < -0.39 is 12.0 Å². The third kappa shape index (κ3) is 2.27. The minimum Gasteiger partial charge on any atom is -0.511 e. The van der Waals surface area contributed by atoms with E-state index in [1.54, 1.807) is 24.3 Å². The molecule has 2 atom stereocenters. The number of methoxy groups -OCH3 is 1. The predicted molar refractivity (Wildman–Crippen MR) is 75.9 cm³/mol. The molecule has 0 saturated heterocycles. The van der Waals surface area contributed by atoms with Crippen LogP contribution in [0, 0.1) is 5.92 Å². The van der Waals surface area contributed by atoms with Gasteiger partial charge in [-0.2, -0.15) is 0 Å². The van der Waals surface area contributed by atoms with Crippen LogP contribution < -0.4 is 4.74 Å². The molecule has 2 N–H and O–H groups in total. The second-order valence-corrected chi connectivity index (χ2v) is 4.83. The maximum absolute atomic E-state index is 12.2. The van der Waals surface area contributed by atoms with E-state index in [1.165, 1.54) is 25.3 Å². The van der Waals surface area contributed by atoms with Crippen LogP contribution in [-0.2, 0) is 9.53 Å². The molecule has 21 heavy (non-hydrogen) atoms. The Morgan fingerprint density at radius 2 is 2.10 bits per heavy atom. The van der Waals surface area contributed by atoms with Gasteiger partial charge in [-0.1, -0.05) is 6.08 Å². The third-order valence-corrected chi connectivity index (χ3v) is 3.52. The number of fused-ring (bicyclic) bond motifs is 1. The highest BCUT2D eigenvalue weighted by atomic mass is 16.5. The number of carbonyl (C=O) groups is 1. The molecule has 0 bridgehead atoms. The summed E-state index contributed by atoms with van der Waals surface area (Å²) < 4.78 is 10.7. The fourth-order valence-corrected chi connectivity index (χ4v) is 2.46. The number of ketones is 1. The molecule has 0 spiro atoms. The van der Waals surface area contributed by atoms with Crippen molar-refractivity contribution in [3.05, 3.63) is 53.8 Å². The summed E-state index contributed by atoms with van der Waals surface area (Å²) in [7, 11) is 1.46. The zero-order valence-electron chi connectivity index (χ0n) is 11.3. The minimum atomic E-state index is -0.689. The molecule has 1 aromatic rings. The lowest BCUT2D eigenvalue weighted by Gasteiger charge is -2.30. The molecule has 5 nitrogen and oxygen atoms in total. The zero-order valence-corrected chi connectivity index (χ0v) is 11.3. The quantitative estimate of drug-likeness (QED) is 0.872. The van der Waals surface area contributed by atoms with Gasteiger partial charge in [0.2, 0.25) is 0 Å². The summed E-state index contributed by atoms with van der Waals surface area (Å²) in [4.78, 5) is 12.2. The van der Waals surface area contributed by atoms with Crippen molar-refractivity contribution < 1.29 is 24.5 Å². The first-order chi connectivity index (χ1) is 10.1. The Labute approximate surface area is 121 Å². The highest BCUT2D eigenvalue weighted by molar-refractivity contribution is 6.00. The van der Waals surface area contributed by atoms with Crippen molar-refractivity contribution in [2.45, 2.75) is 6.10 Å². The number of allylic oxidation sites excluding steroid dienone is 3. The first-order valence-corrected chi connectivity index (χ1v) is 6.47. The van der Waals surface area contributed by atoms with Crippen molar-refractivity contribution in [1.82, 2.24) is 0 Å². The predicted octanol–water partition coefficient (Wildman–Crippen LogP) is 2.34. The van der Waals surface area contributed by atoms with Gasteiger partial charge in [0.25, 0.3) is 0 Å². The number of aromatic hydroxyl groups is 1. The number of aliphatic hydroxyl groups is 1. The number of phenols is 1. The van der Waals surface area contributed by atoms with Gasteiger partial charge >= 0.3 is 0 Å². The van der Waals surface area contributed by atoms with Crippen LogP contribution in [0.4, 0.5) is 0 Å². The lowest BCUT2D eigenvalue weighted by atomic mass is 9.88. The first kappa shape index (κ1) is 13.3. The van der Waals surface area contributed by atoms with Crippen LogP contribution >= 0.6 is 0 Å². The van der Waals surface area contributed by atoms with Crippen LogP contribution in [0.15, 0.2) is 48.3 Å². The Bertz CT molecular complexity index is 684. The van der Waals surface area contributed by atoms with Gasteiger partial charge in [0.1, 0.15) is 23.5 Å². The molecule has 0 radical (unpaired) electrons. The fraction of sp³-hybridized carbons (Fsp3) is 0.188. The summed E-state index contributed by atoms with van der Waals surface area (Å²) in [5.74, 6) is -0.243. The van der Waals surface area contributed by atoms with Gasteiger partial charge in [0.05, 0.1) is 7.11 Å². The molecule has 2 aliphatic rings. The Kier molecular flexibility index (Phi) is 3.17. The van der Waals surface area contributed by atoms with E-state index in [4.69, 9.17) is 9.47 Å². The van der Waals surface area contributed by atoms with E-state index in [1.807, 2.05) is 0 Å². The van der Waals surface area contributed by atoms with E-state index >= 15 is 0 Å².